The number of carboxylic acids is 3. The van der Waals surface area contributed by atoms with Crippen molar-refractivity contribution in [1.29, 1.82) is 0 Å². The van der Waals surface area contributed by atoms with Crippen LogP contribution in [0.3, 0.4) is 0 Å². The molecule has 0 aliphatic heterocycles. The lowest BCUT2D eigenvalue weighted by Crippen LogP contribution is -2.49. The minimum Gasteiger partial charge on any atom is -0.504 e. The van der Waals surface area contributed by atoms with Crippen LogP contribution in [0.5, 0.6) is 11.5 Å². The lowest BCUT2D eigenvalue weighted by molar-refractivity contribution is -0.141. The number of phenols is 2. The van der Waals surface area contributed by atoms with Crippen molar-refractivity contribution in [2.45, 2.75) is 48.7 Å². The summed E-state index contributed by atoms with van der Waals surface area (Å²) in [7, 11) is 0. The third-order valence-corrected chi connectivity index (χ3v) is 6.15. The third-order valence-electron chi connectivity index (χ3n) is 5.03. The number of carbonyl (C=O) groups is 6. The van der Waals surface area contributed by atoms with Gasteiger partial charge in [0.1, 0.15) is 24.7 Å². The molecule has 0 radical (unpaired) electrons. The average Bonchev–Trinajstić information content (AvgIpc) is 2.85. The first-order valence-corrected chi connectivity index (χ1v) is 12.4. The molecule has 216 valence electrons. The number of benzene rings is 1. The number of phenolic OH excluding ortho intramolecular Hbond substituents is 2. The number of thioether (sulfide) groups is 1. The Bertz CT molecular complexity index is 1080. The summed E-state index contributed by atoms with van der Waals surface area (Å²) < 4.78 is 0. The molecule has 0 bridgehead atoms. The SMILES string of the molecule is NCCC(=O)N[C@@H](Cc1cc(O)c(O)c(SC[C@@H](NC(=O)CC[C@H](N)C(=O)O)C(=O)NCC(=O)O)c1)C(=O)O. The van der Waals surface area contributed by atoms with Crippen LogP contribution in [0.4, 0.5) is 0 Å². The lowest BCUT2D eigenvalue weighted by Gasteiger charge is -2.19. The van der Waals surface area contributed by atoms with Gasteiger partial charge in [0.2, 0.25) is 17.7 Å². The van der Waals surface area contributed by atoms with Gasteiger partial charge in [-0.3, -0.25) is 24.0 Å². The van der Waals surface area contributed by atoms with Crippen LogP contribution in [-0.4, -0.2) is 98.1 Å². The van der Waals surface area contributed by atoms with E-state index in [1.165, 1.54) is 6.07 Å². The van der Waals surface area contributed by atoms with Crippen molar-refractivity contribution in [3.05, 3.63) is 17.7 Å². The van der Waals surface area contributed by atoms with E-state index in [0.717, 1.165) is 17.8 Å². The Balaban J connectivity index is 3.07. The summed E-state index contributed by atoms with van der Waals surface area (Å²) in [4.78, 5) is 69.8. The van der Waals surface area contributed by atoms with Crippen molar-refractivity contribution in [3.8, 4) is 11.5 Å². The Hall–Kier alpha value is -4.09. The Kier molecular flexibility index (Phi) is 13.5. The van der Waals surface area contributed by atoms with Gasteiger partial charge in [-0.05, 0) is 24.1 Å². The summed E-state index contributed by atoms with van der Waals surface area (Å²) in [6.07, 6.45) is -0.975. The fourth-order valence-corrected chi connectivity index (χ4v) is 4.09. The number of nitrogens with one attached hydrogen (secondary N) is 3. The van der Waals surface area contributed by atoms with Gasteiger partial charge in [0, 0.05) is 31.6 Å². The number of nitrogens with two attached hydrogens (primary N) is 2. The molecule has 0 heterocycles. The van der Waals surface area contributed by atoms with Crippen molar-refractivity contribution >= 4 is 47.4 Å². The zero-order valence-corrected chi connectivity index (χ0v) is 21.4. The van der Waals surface area contributed by atoms with E-state index in [1.54, 1.807) is 0 Å². The molecule has 1 aromatic rings. The number of hydrogen-bond acceptors (Lipinski definition) is 11. The van der Waals surface area contributed by atoms with Crippen LogP contribution >= 0.6 is 11.8 Å². The highest BCUT2D eigenvalue weighted by Crippen LogP contribution is 2.37. The van der Waals surface area contributed by atoms with Gasteiger partial charge >= 0.3 is 17.9 Å². The van der Waals surface area contributed by atoms with E-state index < -0.39 is 71.8 Å². The van der Waals surface area contributed by atoms with E-state index in [4.69, 9.17) is 21.7 Å². The first-order valence-electron chi connectivity index (χ1n) is 11.4. The fraction of sp³-hybridized carbons (Fsp3) is 0.455. The Morgan fingerprint density at radius 2 is 1.51 bits per heavy atom. The quantitative estimate of drug-likeness (QED) is 0.0682. The maximum Gasteiger partial charge on any atom is 0.326 e. The Morgan fingerprint density at radius 3 is 2.08 bits per heavy atom. The van der Waals surface area contributed by atoms with Gasteiger partial charge in [-0.2, -0.15) is 0 Å². The van der Waals surface area contributed by atoms with E-state index in [1.807, 2.05) is 0 Å². The van der Waals surface area contributed by atoms with Crippen LogP contribution in [0.2, 0.25) is 0 Å². The molecule has 0 saturated carbocycles. The molecule has 3 atom stereocenters. The smallest absolute Gasteiger partial charge is 0.326 e. The van der Waals surface area contributed by atoms with Gasteiger partial charge in [-0.1, -0.05) is 0 Å². The molecule has 39 heavy (non-hydrogen) atoms. The summed E-state index contributed by atoms with van der Waals surface area (Å²) in [5, 5.41) is 54.2. The van der Waals surface area contributed by atoms with Gasteiger partial charge in [0.25, 0.3) is 0 Å². The largest absolute Gasteiger partial charge is 0.504 e. The first kappa shape index (κ1) is 32.9. The first-order chi connectivity index (χ1) is 18.2. The van der Waals surface area contributed by atoms with Crippen molar-refractivity contribution < 1.29 is 54.3 Å². The van der Waals surface area contributed by atoms with Crippen molar-refractivity contribution in [1.82, 2.24) is 16.0 Å². The highest BCUT2D eigenvalue weighted by atomic mass is 32.2. The van der Waals surface area contributed by atoms with E-state index in [0.29, 0.717) is 0 Å². The van der Waals surface area contributed by atoms with Gasteiger partial charge in [0.15, 0.2) is 11.5 Å². The van der Waals surface area contributed by atoms with Crippen LogP contribution < -0.4 is 27.4 Å². The minimum absolute atomic E-state index is 0.00304. The fourth-order valence-electron chi connectivity index (χ4n) is 3.03. The summed E-state index contributed by atoms with van der Waals surface area (Å²) in [5.41, 5.74) is 10.9. The molecule has 0 aliphatic rings. The number of aliphatic carboxylic acids is 3. The van der Waals surface area contributed by atoms with Gasteiger partial charge in [-0.15, -0.1) is 11.8 Å². The average molecular weight is 574 g/mol. The lowest BCUT2D eigenvalue weighted by atomic mass is 10.0. The Labute approximate surface area is 226 Å². The zero-order chi connectivity index (χ0) is 29.7. The molecule has 1 rings (SSSR count). The molecular formula is C22H31N5O11S. The predicted molar refractivity (Wildman–Crippen MR) is 135 cm³/mol. The minimum atomic E-state index is -1.38. The van der Waals surface area contributed by atoms with Gasteiger partial charge in [-0.25, -0.2) is 4.79 Å². The van der Waals surface area contributed by atoms with Crippen LogP contribution in [0.15, 0.2) is 17.0 Å². The molecule has 0 fully saturated rings. The number of rotatable bonds is 17. The number of carboxylic acid groups (broad SMARTS) is 3. The molecule has 0 spiro atoms. The van der Waals surface area contributed by atoms with E-state index in [2.05, 4.69) is 16.0 Å². The second-order valence-corrected chi connectivity index (χ2v) is 9.25. The Morgan fingerprint density at radius 1 is 0.897 bits per heavy atom. The molecule has 3 amide bonds. The molecule has 0 saturated heterocycles. The van der Waals surface area contributed by atoms with Crippen molar-refractivity contribution in [2.75, 3.05) is 18.8 Å². The van der Waals surface area contributed by atoms with Crippen molar-refractivity contribution in [2.24, 2.45) is 11.5 Å². The van der Waals surface area contributed by atoms with Crippen molar-refractivity contribution in [3.63, 3.8) is 0 Å². The maximum atomic E-state index is 12.5. The molecule has 17 heteroatoms. The predicted octanol–water partition coefficient (Wildman–Crippen LogP) is -2.47. The second kappa shape index (κ2) is 16.0. The van der Waals surface area contributed by atoms with Crippen LogP contribution in [0, 0.1) is 0 Å². The summed E-state index contributed by atoms with van der Waals surface area (Å²) >= 11 is 0.772. The number of amides is 3. The number of carbonyl (C=O) groups excluding carboxylic acids is 3. The standard InChI is InChI=1S/C22H31N5O11S/c23-4-3-17(30)26-12(22(37)38)5-10-6-14(28)19(33)15(7-10)39-9-13(20(34)25-8-18(31)32)27-16(29)2-1-11(24)21(35)36/h6-7,11-13,28,33H,1-5,8-9,23-24H2,(H,25,34)(H,26,30)(H,27,29)(H,31,32)(H,35,36)(H,37,38)/t11-,12-,13+/m0/s1. The van der Waals surface area contributed by atoms with Crippen LogP contribution in [-0.2, 0) is 35.2 Å². The highest BCUT2D eigenvalue weighted by Gasteiger charge is 2.25. The molecule has 0 aliphatic carbocycles. The maximum absolute atomic E-state index is 12.5. The summed E-state index contributed by atoms with van der Waals surface area (Å²) in [6.45, 7) is -0.753. The van der Waals surface area contributed by atoms with Gasteiger partial charge in [0.05, 0.1) is 4.90 Å². The van der Waals surface area contributed by atoms with E-state index in [-0.39, 0.29) is 48.4 Å². The molecule has 0 unspecified atom stereocenters. The topological polar surface area (TPSA) is 292 Å². The highest BCUT2D eigenvalue weighted by molar-refractivity contribution is 7.99. The molecular weight excluding hydrogens is 542 g/mol. The number of aromatic hydroxyl groups is 2. The molecule has 16 nitrogen and oxygen atoms in total. The van der Waals surface area contributed by atoms with E-state index in [9.17, 15) is 44.1 Å². The zero-order valence-electron chi connectivity index (χ0n) is 20.6. The normalized spacial score (nSPS) is 13.0. The number of hydrogen-bond donors (Lipinski definition) is 10. The van der Waals surface area contributed by atoms with Crippen LogP contribution in [0.1, 0.15) is 24.8 Å². The van der Waals surface area contributed by atoms with Crippen LogP contribution in [0.25, 0.3) is 0 Å². The molecule has 12 N–H and O–H groups in total. The monoisotopic (exact) mass is 573 g/mol. The second-order valence-electron chi connectivity index (χ2n) is 8.19. The summed E-state index contributed by atoms with van der Waals surface area (Å²) in [5.74, 6) is -7.79. The summed E-state index contributed by atoms with van der Waals surface area (Å²) in [6, 6.07) is -1.64. The third kappa shape index (κ3) is 11.9. The molecule has 1 aromatic carbocycles. The molecule has 0 aromatic heterocycles. The van der Waals surface area contributed by atoms with Gasteiger partial charge < -0.3 is 53.0 Å². The van der Waals surface area contributed by atoms with E-state index >= 15 is 0 Å².